The van der Waals surface area contributed by atoms with Crippen LogP contribution in [0.1, 0.15) is 0 Å². The molecule has 0 unspecified atom stereocenters. The van der Waals surface area contributed by atoms with Crippen LogP contribution in [0, 0.1) is 0 Å². The van der Waals surface area contributed by atoms with Crippen LogP contribution in [-0.2, 0) is 9.47 Å². The van der Waals surface area contributed by atoms with Gasteiger partial charge in [-0.15, -0.1) is 11.6 Å². The maximum absolute atomic E-state index is 11.0. The van der Waals surface area contributed by atoms with Gasteiger partial charge in [-0.25, -0.2) is 4.79 Å². The van der Waals surface area contributed by atoms with Crippen LogP contribution in [0.5, 0.6) is 0 Å². The van der Waals surface area contributed by atoms with E-state index in [-0.39, 0.29) is 12.2 Å². The molecule has 0 N–H and O–H groups in total. The Morgan fingerprint density at radius 2 is 2.58 bits per heavy atom. The van der Waals surface area contributed by atoms with Crippen molar-refractivity contribution >= 4 is 17.7 Å². The van der Waals surface area contributed by atoms with Crippen LogP contribution in [-0.4, -0.2) is 49.8 Å². The summed E-state index contributed by atoms with van der Waals surface area (Å²) in [6.45, 7) is 1.68. The van der Waals surface area contributed by atoms with Crippen molar-refractivity contribution in [1.29, 1.82) is 0 Å². The minimum Gasteiger partial charge on any atom is -0.443 e. The number of carbonyl (C=O) groups is 1. The Morgan fingerprint density at radius 1 is 1.83 bits per heavy atom. The van der Waals surface area contributed by atoms with Crippen LogP contribution in [0.4, 0.5) is 4.79 Å². The maximum Gasteiger partial charge on any atom is 0.410 e. The van der Waals surface area contributed by atoms with Gasteiger partial charge < -0.3 is 14.4 Å². The molecule has 1 rings (SSSR count). The molecule has 1 aliphatic rings. The Hall–Kier alpha value is -0.480. The van der Waals surface area contributed by atoms with Crippen LogP contribution in [0.3, 0.4) is 0 Å². The summed E-state index contributed by atoms with van der Waals surface area (Å²) >= 11 is 5.54. The lowest BCUT2D eigenvalue weighted by Crippen LogP contribution is -2.28. The van der Waals surface area contributed by atoms with E-state index in [0.29, 0.717) is 25.6 Å². The highest BCUT2D eigenvalue weighted by molar-refractivity contribution is 6.18. The average molecular weight is 194 g/mol. The molecule has 1 aliphatic heterocycles. The van der Waals surface area contributed by atoms with E-state index in [9.17, 15) is 4.79 Å². The molecule has 5 heteroatoms. The molecule has 4 nitrogen and oxygen atoms in total. The zero-order chi connectivity index (χ0) is 8.97. The number of carbonyl (C=O) groups excluding carboxylic acids is 1. The van der Waals surface area contributed by atoms with Gasteiger partial charge in [-0.2, -0.15) is 0 Å². The van der Waals surface area contributed by atoms with Gasteiger partial charge in [0.1, 0.15) is 6.10 Å². The van der Waals surface area contributed by atoms with Gasteiger partial charge in [-0.1, -0.05) is 0 Å². The molecule has 0 radical (unpaired) electrons. The summed E-state index contributed by atoms with van der Waals surface area (Å²) in [5.74, 6) is 0.356. The van der Waals surface area contributed by atoms with Crippen molar-refractivity contribution in [2.75, 3.05) is 32.7 Å². The van der Waals surface area contributed by atoms with E-state index in [1.165, 1.54) is 0 Å². The predicted molar refractivity (Wildman–Crippen MR) is 44.4 cm³/mol. The SMILES string of the molecule is COCCN1C[C@@H](CCl)OC1=O. The molecule has 0 saturated carbocycles. The number of rotatable bonds is 4. The maximum atomic E-state index is 11.0. The van der Waals surface area contributed by atoms with Crippen LogP contribution in [0.15, 0.2) is 0 Å². The number of cyclic esters (lactones) is 1. The molecule has 0 aliphatic carbocycles. The van der Waals surface area contributed by atoms with Crippen molar-refractivity contribution < 1.29 is 14.3 Å². The smallest absolute Gasteiger partial charge is 0.410 e. The number of hydrogen-bond acceptors (Lipinski definition) is 3. The average Bonchev–Trinajstić information content (AvgIpc) is 2.43. The molecule has 70 valence electrons. The quantitative estimate of drug-likeness (QED) is 0.617. The predicted octanol–water partition coefficient (Wildman–Crippen LogP) is 0.692. The highest BCUT2D eigenvalue weighted by atomic mass is 35.5. The number of alkyl halides is 1. The Bertz CT molecular complexity index is 165. The molecule has 12 heavy (non-hydrogen) atoms. The summed E-state index contributed by atoms with van der Waals surface area (Å²) in [5, 5.41) is 0. The van der Waals surface area contributed by atoms with Gasteiger partial charge in [0, 0.05) is 13.7 Å². The molecule has 0 aromatic heterocycles. The Labute approximate surface area is 76.4 Å². The first kappa shape index (κ1) is 9.61. The van der Waals surface area contributed by atoms with Crippen molar-refractivity contribution in [3.05, 3.63) is 0 Å². The topological polar surface area (TPSA) is 38.8 Å². The molecular formula is C7H12ClNO3. The van der Waals surface area contributed by atoms with E-state index >= 15 is 0 Å². The number of amides is 1. The summed E-state index contributed by atoms with van der Waals surface area (Å²) in [7, 11) is 1.60. The van der Waals surface area contributed by atoms with Crippen molar-refractivity contribution in [2.45, 2.75) is 6.10 Å². The van der Waals surface area contributed by atoms with Gasteiger partial charge in [0.2, 0.25) is 0 Å². The highest BCUT2D eigenvalue weighted by Gasteiger charge is 2.29. The first-order valence-corrected chi connectivity index (χ1v) is 4.32. The van der Waals surface area contributed by atoms with Gasteiger partial charge in [0.15, 0.2) is 0 Å². The molecule has 1 atom stereocenters. The standard InChI is InChI=1S/C7H12ClNO3/c1-11-3-2-9-5-6(4-8)12-7(9)10/h6H,2-5H2,1H3/t6-/m1/s1. The Morgan fingerprint density at radius 3 is 3.08 bits per heavy atom. The second-order valence-electron chi connectivity index (χ2n) is 2.60. The Balaban J connectivity index is 2.31. The van der Waals surface area contributed by atoms with E-state index in [4.69, 9.17) is 21.1 Å². The lowest BCUT2D eigenvalue weighted by atomic mass is 10.4. The van der Waals surface area contributed by atoms with Crippen LogP contribution in [0.2, 0.25) is 0 Å². The minimum absolute atomic E-state index is 0.156. The molecule has 1 saturated heterocycles. The van der Waals surface area contributed by atoms with Gasteiger partial charge in [0.05, 0.1) is 19.0 Å². The first-order chi connectivity index (χ1) is 5.77. The summed E-state index contributed by atoms with van der Waals surface area (Å²) in [5.41, 5.74) is 0. The largest absolute Gasteiger partial charge is 0.443 e. The number of ether oxygens (including phenoxy) is 2. The molecule has 0 bridgehead atoms. The lowest BCUT2D eigenvalue weighted by Gasteiger charge is -2.10. The normalized spacial score (nSPS) is 23.0. The van der Waals surface area contributed by atoms with Crippen molar-refractivity contribution in [3.8, 4) is 0 Å². The molecule has 0 aromatic rings. The van der Waals surface area contributed by atoms with E-state index in [0.717, 1.165) is 0 Å². The fourth-order valence-electron chi connectivity index (χ4n) is 1.04. The third-order valence-corrected chi connectivity index (χ3v) is 2.03. The molecule has 0 aromatic carbocycles. The van der Waals surface area contributed by atoms with Crippen LogP contribution < -0.4 is 0 Å². The van der Waals surface area contributed by atoms with E-state index in [1.807, 2.05) is 0 Å². The van der Waals surface area contributed by atoms with E-state index < -0.39 is 0 Å². The second kappa shape index (κ2) is 4.52. The zero-order valence-corrected chi connectivity index (χ0v) is 7.71. The Kier molecular flexibility index (Phi) is 3.62. The minimum atomic E-state index is -0.294. The summed E-state index contributed by atoms with van der Waals surface area (Å²) in [6, 6.07) is 0. The first-order valence-electron chi connectivity index (χ1n) is 3.78. The van der Waals surface area contributed by atoms with Crippen molar-refractivity contribution in [2.24, 2.45) is 0 Å². The van der Waals surface area contributed by atoms with Crippen LogP contribution in [0.25, 0.3) is 0 Å². The molecule has 1 heterocycles. The van der Waals surface area contributed by atoms with E-state index in [2.05, 4.69) is 0 Å². The number of methoxy groups -OCH3 is 1. The fraction of sp³-hybridized carbons (Fsp3) is 0.857. The second-order valence-corrected chi connectivity index (χ2v) is 2.91. The number of halogens is 1. The van der Waals surface area contributed by atoms with Gasteiger partial charge in [-0.3, -0.25) is 0 Å². The third kappa shape index (κ3) is 2.25. The highest BCUT2D eigenvalue weighted by Crippen LogP contribution is 2.11. The molecule has 1 fully saturated rings. The van der Waals surface area contributed by atoms with Crippen molar-refractivity contribution in [1.82, 2.24) is 4.90 Å². The summed E-state index contributed by atoms with van der Waals surface area (Å²) < 4.78 is 9.76. The number of nitrogens with zero attached hydrogens (tertiary/aromatic N) is 1. The monoisotopic (exact) mass is 193 g/mol. The fourth-order valence-corrected chi connectivity index (χ4v) is 1.20. The van der Waals surface area contributed by atoms with Gasteiger partial charge >= 0.3 is 6.09 Å². The lowest BCUT2D eigenvalue weighted by molar-refractivity contribution is 0.129. The number of hydrogen-bond donors (Lipinski definition) is 0. The van der Waals surface area contributed by atoms with Gasteiger partial charge in [0.25, 0.3) is 0 Å². The third-order valence-electron chi connectivity index (χ3n) is 1.69. The molecule has 0 spiro atoms. The van der Waals surface area contributed by atoms with Crippen molar-refractivity contribution in [3.63, 3.8) is 0 Å². The van der Waals surface area contributed by atoms with Gasteiger partial charge in [-0.05, 0) is 0 Å². The van der Waals surface area contributed by atoms with E-state index in [1.54, 1.807) is 12.0 Å². The van der Waals surface area contributed by atoms with Crippen LogP contribution >= 0.6 is 11.6 Å². The zero-order valence-electron chi connectivity index (χ0n) is 6.96. The summed E-state index contributed by atoms with van der Waals surface area (Å²) in [6.07, 6.45) is -0.450. The molecular weight excluding hydrogens is 182 g/mol. The molecule has 1 amide bonds. The summed E-state index contributed by atoms with van der Waals surface area (Å²) in [4.78, 5) is 12.6.